The van der Waals surface area contributed by atoms with Crippen molar-refractivity contribution in [1.82, 2.24) is 10.6 Å². The molecular formula is C28H31N3O3. The monoisotopic (exact) mass is 457 g/mol. The van der Waals surface area contributed by atoms with Crippen molar-refractivity contribution in [3.05, 3.63) is 95.1 Å². The van der Waals surface area contributed by atoms with E-state index in [0.717, 1.165) is 37.9 Å². The van der Waals surface area contributed by atoms with Crippen molar-refractivity contribution >= 4 is 17.5 Å². The molecule has 2 N–H and O–H groups in total. The molecule has 1 heterocycles. The number of anilines is 1. The molecule has 0 aliphatic carbocycles. The molecule has 0 unspecified atom stereocenters. The zero-order valence-electron chi connectivity index (χ0n) is 19.5. The van der Waals surface area contributed by atoms with Gasteiger partial charge in [-0.05, 0) is 54.2 Å². The Kier molecular flexibility index (Phi) is 7.81. The van der Waals surface area contributed by atoms with Gasteiger partial charge in [-0.1, -0.05) is 54.6 Å². The van der Waals surface area contributed by atoms with Crippen molar-refractivity contribution < 1.29 is 14.3 Å². The highest BCUT2D eigenvalue weighted by molar-refractivity contribution is 6.35. The summed E-state index contributed by atoms with van der Waals surface area (Å²) in [6, 6.07) is 24.7. The molecule has 0 radical (unpaired) electrons. The van der Waals surface area contributed by atoms with E-state index < -0.39 is 11.8 Å². The van der Waals surface area contributed by atoms with Crippen LogP contribution in [0.1, 0.15) is 28.7 Å². The number of benzene rings is 3. The zero-order chi connectivity index (χ0) is 23.8. The van der Waals surface area contributed by atoms with E-state index in [1.165, 1.54) is 22.4 Å². The van der Waals surface area contributed by atoms with Crippen molar-refractivity contribution in [2.24, 2.45) is 0 Å². The first kappa shape index (κ1) is 23.4. The van der Waals surface area contributed by atoms with Gasteiger partial charge in [0.05, 0.1) is 7.11 Å². The lowest BCUT2D eigenvalue weighted by atomic mass is 9.99. The van der Waals surface area contributed by atoms with Crippen LogP contribution in [-0.2, 0) is 35.5 Å². The Morgan fingerprint density at radius 1 is 0.882 bits per heavy atom. The van der Waals surface area contributed by atoms with Gasteiger partial charge in [0.25, 0.3) is 0 Å². The number of ether oxygens (including phenoxy) is 1. The van der Waals surface area contributed by atoms with Crippen LogP contribution in [0.3, 0.4) is 0 Å². The van der Waals surface area contributed by atoms with E-state index in [-0.39, 0.29) is 6.54 Å². The summed E-state index contributed by atoms with van der Waals surface area (Å²) in [7, 11) is 1.58. The van der Waals surface area contributed by atoms with Crippen LogP contribution in [0.5, 0.6) is 5.75 Å². The van der Waals surface area contributed by atoms with Gasteiger partial charge in [0.1, 0.15) is 5.75 Å². The summed E-state index contributed by atoms with van der Waals surface area (Å²) in [6.45, 7) is 2.67. The first-order chi connectivity index (χ1) is 16.6. The van der Waals surface area contributed by atoms with Crippen LogP contribution < -0.4 is 20.3 Å². The minimum Gasteiger partial charge on any atom is -0.496 e. The number of fused-ring (bicyclic) bond motifs is 1. The molecular weight excluding hydrogens is 426 g/mol. The van der Waals surface area contributed by atoms with E-state index >= 15 is 0 Å². The van der Waals surface area contributed by atoms with Crippen LogP contribution in [0.25, 0.3) is 0 Å². The van der Waals surface area contributed by atoms with Crippen LogP contribution >= 0.6 is 0 Å². The molecule has 0 atom stereocenters. The molecule has 3 aromatic rings. The van der Waals surface area contributed by atoms with Gasteiger partial charge in [0.15, 0.2) is 0 Å². The molecule has 6 heteroatoms. The average molecular weight is 458 g/mol. The van der Waals surface area contributed by atoms with Gasteiger partial charge in [-0.2, -0.15) is 0 Å². The minimum atomic E-state index is -0.640. The highest BCUT2D eigenvalue weighted by atomic mass is 16.5. The molecule has 1 aliphatic rings. The predicted octanol–water partition coefficient (Wildman–Crippen LogP) is 3.62. The summed E-state index contributed by atoms with van der Waals surface area (Å²) >= 11 is 0. The van der Waals surface area contributed by atoms with Gasteiger partial charge in [-0.25, -0.2) is 0 Å². The number of carbonyl (C=O) groups is 2. The number of para-hydroxylation sites is 1. The fraction of sp³-hybridized carbons (Fsp3) is 0.286. The van der Waals surface area contributed by atoms with E-state index in [1.54, 1.807) is 7.11 Å². The van der Waals surface area contributed by atoms with Gasteiger partial charge in [0.2, 0.25) is 0 Å². The second-order valence-corrected chi connectivity index (χ2v) is 8.46. The maximum Gasteiger partial charge on any atom is 0.309 e. The SMILES string of the molecule is COc1ccccc1CNC(=O)C(=O)NCCCc1ccc(N2CCc3ccccc3C2)cc1. The number of aryl methyl sites for hydroxylation is 1. The smallest absolute Gasteiger partial charge is 0.309 e. The molecule has 3 aromatic carbocycles. The lowest BCUT2D eigenvalue weighted by molar-refractivity contribution is -0.139. The number of nitrogens with zero attached hydrogens (tertiary/aromatic N) is 1. The van der Waals surface area contributed by atoms with Crippen molar-refractivity contribution in [2.75, 3.05) is 25.1 Å². The Morgan fingerprint density at radius 2 is 1.59 bits per heavy atom. The quantitative estimate of drug-likeness (QED) is 0.400. The van der Waals surface area contributed by atoms with Crippen molar-refractivity contribution in [3.8, 4) is 5.75 Å². The first-order valence-electron chi connectivity index (χ1n) is 11.7. The highest BCUT2D eigenvalue weighted by Crippen LogP contribution is 2.24. The number of hydrogen-bond acceptors (Lipinski definition) is 4. The van der Waals surface area contributed by atoms with Crippen molar-refractivity contribution in [1.29, 1.82) is 0 Å². The number of hydrogen-bond donors (Lipinski definition) is 2. The topological polar surface area (TPSA) is 70.7 Å². The van der Waals surface area contributed by atoms with Gasteiger partial charge in [-0.3, -0.25) is 9.59 Å². The van der Waals surface area contributed by atoms with E-state index in [0.29, 0.717) is 12.3 Å². The Bertz CT molecular complexity index is 1130. The van der Waals surface area contributed by atoms with Gasteiger partial charge < -0.3 is 20.3 Å². The summed E-state index contributed by atoms with van der Waals surface area (Å²) in [5.74, 6) is -0.576. The largest absolute Gasteiger partial charge is 0.496 e. The standard InChI is InChI=1S/C28H31N3O3/c1-34-26-11-5-4-9-23(26)19-30-28(33)27(32)29-17-6-7-21-12-14-25(15-13-21)31-18-16-22-8-2-3-10-24(22)20-31/h2-5,8-15H,6-7,16-20H2,1H3,(H,29,32)(H,30,33). The lowest BCUT2D eigenvalue weighted by Gasteiger charge is -2.30. The maximum absolute atomic E-state index is 12.1. The molecule has 0 fully saturated rings. The van der Waals surface area contributed by atoms with Gasteiger partial charge in [0, 0.05) is 37.4 Å². The number of amides is 2. The lowest BCUT2D eigenvalue weighted by Crippen LogP contribution is -2.40. The molecule has 0 bridgehead atoms. The molecule has 0 aromatic heterocycles. The Labute approximate surface area is 200 Å². The summed E-state index contributed by atoms with van der Waals surface area (Å²) in [5.41, 5.74) is 6.13. The molecule has 4 rings (SSSR count). The zero-order valence-corrected chi connectivity index (χ0v) is 19.5. The normalized spacial score (nSPS) is 12.6. The third-order valence-electron chi connectivity index (χ3n) is 6.20. The van der Waals surface area contributed by atoms with E-state index in [1.807, 2.05) is 24.3 Å². The Balaban J connectivity index is 1.17. The second kappa shape index (κ2) is 11.4. The average Bonchev–Trinajstić information content (AvgIpc) is 2.89. The van der Waals surface area contributed by atoms with Gasteiger partial charge >= 0.3 is 11.8 Å². The number of carbonyl (C=O) groups excluding carboxylic acids is 2. The number of nitrogens with one attached hydrogen (secondary N) is 2. The molecule has 34 heavy (non-hydrogen) atoms. The fourth-order valence-corrected chi connectivity index (χ4v) is 4.27. The first-order valence-corrected chi connectivity index (χ1v) is 11.7. The molecule has 1 aliphatic heterocycles. The Morgan fingerprint density at radius 3 is 2.38 bits per heavy atom. The molecule has 0 saturated carbocycles. The predicted molar refractivity (Wildman–Crippen MR) is 134 cm³/mol. The van der Waals surface area contributed by atoms with Crippen molar-refractivity contribution in [2.45, 2.75) is 32.4 Å². The Hall–Kier alpha value is -3.80. The van der Waals surface area contributed by atoms with Crippen LogP contribution in [0.2, 0.25) is 0 Å². The highest BCUT2D eigenvalue weighted by Gasteiger charge is 2.16. The van der Waals surface area contributed by atoms with E-state index in [2.05, 4.69) is 64.1 Å². The molecule has 176 valence electrons. The molecule has 6 nitrogen and oxygen atoms in total. The summed E-state index contributed by atoms with van der Waals surface area (Å²) in [6.07, 6.45) is 2.68. The summed E-state index contributed by atoms with van der Waals surface area (Å²) in [5, 5.41) is 5.34. The fourth-order valence-electron chi connectivity index (χ4n) is 4.27. The number of methoxy groups -OCH3 is 1. The van der Waals surface area contributed by atoms with Crippen LogP contribution in [0.4, 0.5) is 5.69 Å². The second-order valence-electron chi connectivity index (χ2n) is 8.46. The summed E-state index contributed by atoms with van der Waals surface area (Å²) in [4.78, 5) is 26.6. The van der Waals surface area contributed by atoms with E-state index in [4.69, 9.17) is 4.74 Å². The third-order valence-corrected chi connectivity index (χ3v) is 6.20. The van der Waals surface area contributed by atoms with E-state index in [9.17, 15) is 9.59 Å². The number of rotatable bonds is 8. The van der Waals surface area contributed by atoms with Crippen LogP contribution in [0, 0.1) is 0 Å². The van der Waals surface area contributed by atoms with Crippen LogP contribution in [-0.4, -0.2) is 32.0 Å². The maximum atomic E-state index is 12.1. The van der Waals surface area contributed by atoms with Crippen molar-refractivity contribution in [3.63, 3.8) is 0 Å². The van der Waals surface area contributed by atoms with Crippen LogP contribution in [0.15, 0.2) is 72.8 Å². The molecule has 0 saturated heterocycles. The molecule has 2 amide bonds. The third kappa shape index (κ3) is 5.95. The van der Waals surface area contributed by atoms with Gasteiger partial charge in [-0.15, -0.1) is 0 Å². The summed E-state index contributed by atoms with van der Waals surface area (Å²) < 4.78 is 5.26. The molecule has 0 spiro atoms. The minimum absolute atomic E-state index is 0.241.